The summed E-state index contributed by atoms with van der Waals surface area (Å²) in [4.78, 5) is 4.06. The molecular formula is C9H9ClN4. The number of halogens is 1. The molecule has 2 aromatic rings. The van der Waals surface area contributed by atoms with E-state index in [1.807, 2.05) is 17.6 Å². The number of hydrogen-bond donors (Lipinski definition) is 0. The van der Waals surface area contributed by atoms with Crippen molar-refractivity contribution in [3.05, 3.63) is 36.2 Å². The summed E-state index contributed by atoms with van der Waals surface area (Å²) in [7, 11) is 0. The van der Waals surface area contributed by atoms with E-state index < -0.39 is 0 Å². The highest BCUT2D eigenvalue weighted by Crippen LogP contribution is 2.13. The topological polar surface area (TPSA) is 43.6 Å². The zero-order chi connectivity index (χ0) is 9.97. The van der Waals surface area contributed by atoms with Crippen LogP contribution in [-0.2, 0) is 5.88 Å². The van der Waals surface area contributed by atoms with E-state index in [2.05, 4.69) is 15.2 Å². The Hall–Kier alpha value is -1.42. The predicted molar refractivity (Wildman–Crippen MR) is 53.4 cm³/mol. The lowest BCUT2D eigenvalue weighted by atomic mass is 10.2. The predicted octanol–water partition coefficient (Wildman–Crippen LogP) is 1.71. The maximum absolute atomic E-state index is 5.73. The molecule has 0 bridgehead atoms. The van der Waals surface area contributed by atoms with Crippen molar-refractivity contribution in [3.8, 4) is 5.69 Å². The Kier molecular flexibility index (Phi) is 2.45. The number of alkyl halides is 1. The number of aromatic nitrogens is 4. The van der Waals surface area contributed by atoms with Crippen molar-refractivity contribution in [2.75, 3.05) is 0 Å². The second kappa shape index (κ2) is 3.75. The molecule has 2 aromatic heterocycles. The normalized spacial score (nSPS) is 10.4. The second-order valence-electron chi connectivity index (χ2n) is 2.91. The molecule has 0 aliphatic heterocycles. The first-order chi connectivity index (χ1) is 6.83. The number of hydrogen-bond acceptors (Lipinski definition) is 3. The van der Waals surface area contributed by atoms with Gasteiger partial charge in [0.2, 0.25) is 0 Å². The van der Waals surface area contributed by atoms with Gasteiger partial charge in [-0.25, -0.2) is 0 Å². The lowest BCUT2D eigenvalue weighted by Crippen LogP contribution is -2.00. The van der Waals surface area contributed by atoms with Gasteiger partial charge in [0.1, 0.15) is 6.33 Å². The number of nitrogens with zero attached hydrogens (tertiary/aromatic N) is 4. The molecule has 0 aliphatic rings. The summed E-state index contributed by atoms with van der Waals surface area (Å²) in [6.07, 6.45) is 5.17. The van der Waals surface area contributed by atoms with E-state index in [-0.39, 0.29) is 0 Å². The van der Waals surface area contributed by atoms with Crippen molar-refractivity contribution in [2.45, 2.75) is 12.8 Å². The van der Waals surface area contributed by atoms with Gasteiger partial charge < -0.3 is 0 Å². The molecule has 0 saturated heterocycles. The molecule has 5 heteroatoms. The molecular weight excluding hydrogens is 200 g/mol. The minimum absolute atomic E-state index is 0.342. The van der Waals surface area contributed by atoms with Crippen LogP contribution >= 0.6 is 11.6 Å². The van der Waals surface area contributed by atoms with Crippen LogP contribution in [0.4, 0.5) is 0 Å². The smallest absolute Gasteiger partial charge is 0.152 e. The zero-order valence-corrected chi connectivity index (χ0v) is 8.44. The quantitative estimate of drug-likeness (QED) is 0.706. The van der Waals surface area contributed by atoms with Crippen LogP contribution in [0, 0.1) is 6.92 Å². The average molecular weight is 209 g/mol. The van der Waals surface area contributed by atoms with E-state index in [1.54, 1.807) is 18.7 Å². The van der Waals surface area contributed by atoms with Crippen molar-refractivity contribution < 1.29 is 0 Å². The number of aryl methyl sites for hydroxylation is 1. The summed E-state index contributed by atoms with van der Waals surface area (Å²) in [6, 6.07) is 1.94. The van der Waals surface area contributed by atoms with Gasteiger partial charge in [0.05, 0.1) is 17.8 Å². The summed E-state index contributed by atoms with van der Waals surface area (Å²) in [5.74, 6) is 1.07. The van der Waals surface area contributed by atoms with Crippen LogP contribution in [0.5, 0.6) is 0 Å². The van der Waals surface area contributed by atoms with Gasteiger partial charge in [-0.1, -0.05) is 0 Å². The fraction of sp³-hybridized carbons (Fsp3) is 0.222. The van der Waals surface area contributed by atoms with Crippen molar-refractivity contribution in [2.24, 2.45) is 0 Å². The molecule has 2 rings (SSSR count). The Morgan fingerprint density at radius 2 is 2.36 bits per heavy atom. The highest BCUT2D eigenvalue weighted by Gasteiger charge is 2.06. The first-order valence-corrected chi connectivity index (χ1v) is 4.72. The van der Waals surface area contributed by atoms with Crippen molar-refractivity contribution >= 4 is 11.6 Å². The largest absolute Gasteiger partial charge is 0.283 e. The molecule has 2 heterocycles. The lowest BCUT2D eigenvalue weighted by Gasteiger charge is -2.06. The van der Waals surface area contributed by atoms with Gasteiger partial charge in [-0.05, 0) is 18.6 Å². The minimum Gasteiger partial charge on any atom is -0.283 e. The van der Waals surface area contributed by atoms with E-state index in [4.69, 9.17) is 11.6 Å². The Morgan fingerprint density at radius 1 is 1.50 bits per heavy atom. The standard InChI is InChI=1S/C9H9ClN4/c1-7-2-3-11-5-8(7)14-6-12-13-9(14)4-10/h2-3,5-6H,4H2,1H3. The molecule has 14 heavy (non-hydrogen) atoms. The third-order valence-corrected chi connectivity index (χ3v) is 2.25. The molecule has 72 valence electrons. The maximum Gasteiger partial charge on any atom is 0.152 e. The summed E-state index contributed by atoms with van der Waals surface area (Å²) in [5.41, 5.74) is 2.08. The summed E-state index contributed by atoms with van der Waals surface area (Å²) in [6.45, 7) is 2.01. The molecule has 0 radical (unpaired) electrons. The average Bonchev–Trinajstić information content (AvgIpc) is 2.66. The van der Waals surface area contributed by atoms with E-state index >= 15 is 0 Å². The van der Waals surface area contributed by atoms with Gasteiger partial charge >= 0.3 is 0 Å². The van der Waals surface area contributed by atoms with E-state index in [1.165, 1.54) is 0 Å². The van der Waals surface area contributed by atoms with Gasteiger partial charge in [0.25, 0.3) is 0 Å². The first kappa shape index (κ1) is 9.15. The molecule has 4 nitrogen and oxygen atoms in total. The summed E-state index contributed by atoms with van der Waals surface area (Å²) < 4.78 is 1.84. The summed E-state index contributed by atoms with van der Waals surface area (Å²) >= 11 is 5.73. The van der Waals surface area contributed by atoms with Crippen LogP contribution in [0.3, 0.4) is 0 Å². The van der Waals surface area contributed by atoms with Crippen LogP contribution in [0.25, 0.3) is 5.69 Å². The SMILES string of the molecule is Cc1ccncc1-n1cnnc1CCl. The summed E-state index contributed by atoms with van der Waals surface area (Å²) in [5, 5.41) is 7.72. The minimum atomic E-state index is 0.342. The van der Waals surface area contributed by atoms with Gasteiger partial charge in [0, 0.05) is 6.20 Å². The van der Waals surface area contributed by atoms with Crippen LogP contribution in [0.15, 0.2) is 24.8 Å². The van der Waals surface area contributed by atoms with Crippen molar-refractivity contribution in [1.29, 1.82) is 0 Å². The highest BCUT2D eigenvalue weighted by atomic mass is 35.5. The first-order valence-electron chi connectivity index (χ1n) is 4.19. The molecule has 0 aromatic carbocycles. The monoisotopic (exact) mass is 208 g/mol. The number of pyridine rings is 1. The highest BCUT2D eigenvalue weighted by molar-refractivity contribution is 6.16. The van der Waals surface area contributed by atoms with Crippen LogP contribution in [-0.4, -0.2) is 19.7 Å². The van der Waals surface area contributed by atoms with Gasteiger partial charge in [-0.15, -0.1) is 21.8 Å². The second-order valence-corrected chi connectivity index (χ2v) is 3.18. The maximum atomic E-state index is 5.73. The molecule has 0 unspecified atom stereocenters. The van der Waals surface area contributed by atoms with Gasteiger partial charge in [-0.2, -0.15) is 0 Å². The van der Waals surface area contributed by atoms with E-state index in [0.717, 1.165) is 17.1 Å². The van der Waals surface area contributed by atoms with E-state index in [9.17, 15) is 0 Å². The third-order valence-electron chi connectivity index (χ3n) is 2.01. The Balaban J connectivity index is 2.54. The molecule has 0 spiro atoms. The molecule has 0 atom stereocenters. The Bertz CT molecular complexity index is 438. The van der Waals surface area contributed by atoms with Gasteiger partial charge in [0.15, 0.2) is 5.82 Å². The fourth-order valence-electron chi connectivity index (χ4n) is 1.26. The third kappa shape index (κ3) is 1.48. The lowest BCUT2D eigenvalue weighted by molar-refractivity contribution is 0.935. The fourth-order valence-corrected chi connectivity index (χ4v) is 1.44. The molecule has 0 saturated carbocycles. The van der Waals surface area contributed by atoms with Crippen LogP contribution in [0.1, 0.15) is 11.4 Å². The van der Waals surface area contributed by atoms with Crippen molar-refractivity contribution in [3.63, 3.8) is 0 Å². The molecule has 0 amide bonds. The zero-order valence-electron chi connectivity index (χ0n) is 7.68. The molecule has 0 N–H and O–H groups in total. The van der Waals surface area contributed by atoms with Gasteiger partial charge in [-0.3, -0.25) is 9.55 Å². The Morgan fingerprint density at radius 3 is 3.07 bits per heavy atom. The van der Waals surface area contributed by atoms with Crippen LogP contribution < -0.4 is 0 Å². The van der Waals surface area contributed by atoms with Crippen LogP contribution in [0.2, 0.25) is 0 Å². The Labute approximate surface area is 86.6 Å². The molecule has 0 fully saturated rings. The number of rotatable bonds is 2. The van der Waals surface area contributed by atoms with E-state index in [0.29, 0.717) is 5.88 Å². The van der Waals surface area contributed by atoms with Crippen molar-refractivity contribution in [1.82, 2.24) is 19.7 Å². The molecule has 0 aliphatic carbocycles.